The summed E-state index contributed by atoms with van der Waals surface area (Å²) in [6.07, 6.45) is 0. The fourth-order valence-corrected chi connectivity index (χ4v) is 1.94. The number of benzene rings is 2. The summed E-state index contributed by atoms with van der Waals surface area (Å²) in [7, 11) is 0. The number of carbonyl (C=O) groups excluding carboxylic acids is 1. The SMILES string of the molecule is O=C1NCc2c(Oc3ccccc3)cccc21. The Bertz CT molecular complexity index is 564. The number of hydrogen-bond acceptors (Lipinski definition) is 2. The van der Waals surface area contributed by atoms with Crippen LogP contribution in [0.1, 0.15) is 15.9 Å². The van der Waals surface area contributed by atoms with Crippen LogP contribution in [0, 0.1) is 0 Å². The monoisotopic (exact) mass is 225 g/mol. The molecule has 0 aliphatic carbocycles. The molecule has 0 radical (unpaired) electrons. The molecule has 0 fully saturated rings. The maximum atomic E-state index is 11.5. The molecule has 1 aliphatic heterocycles. The fourth-order valence-electron chi connectivity index (χ4n) is 1.94. The number of fused-ring (bicyclic) bond motifs is 1. The summed E-state index contributed by atoms with van der Waals surface area (Å²) in [5.41, 5.74) is 1.64. The van der Waals surface area contributed by atoms with E-state index in [9.17, 15) is 4.79 Å². The summed E-state index contributed by atoms with van der Waals surface area (Å²) in [6.45, 7) is 0.539. The molecular weight excluding hydrogens is 214 g/mol. The normalized spacial score (nSPS) is 13.1. The Labute approximate surface area is 99.0 Å². The number of rotatable bonds is 2. The van der Waals surface area contributed by atoms with E-state index in [1.165, 1.54) is 0 Å². The third-order valence-corrected chi connectivity index (χ3v) is 2.77. The van der Waals surface area contributed by atoms with Crippen molar-refractivity contribution in [2.24, 2.45) is 0 Å². The maximum absolute atomic E-state index is 11.5. The summed E-state index contributed by atoms with van der Waals surface area (Å²) < 4.78 is 5.78. The topological polar surface area (TPSA) is 38.3 Å². The summed E-state index contributed by atoms with van der Waals surface area (Å²) in [5, 5.41) is 2.79. The van der Waals surface area contributed by atoms with Crippen LogP contribution in [0.4, 0.5) is 0 Å². The van der Waals surface area contributed by atoms with Crippen molar-refractivity contribution in [1.29, 1.82) is 0 Å². The van der Waals surface area contributed by atoms with Crippen LogP contribution in [0.3, 0.4) is 0 Å². The van der Waals surface area contributed by atoms with Crippen molar-refractivity contribution >= 4 is 5.91 Å². The minimum Gasteiger partial charge on any atom is -0.457 e. The maximum Gasteiger partial charge on any atom is 0.252 e. The molecule has 84 valence electrons. The zero-order chi connectivity index (χ0) is 11.7. The first-order valence-corrected chi connectivity index (χ1v) is 5.47. The van der Waals surface area contributed by atoms with Crippen LogP contribution in [-0.2, 0) is 6.54 Å². The number of carbonyl (C=O) groups is 1. The minimum absolute atomic E-state index is 0.0292. The van der Waals surface area contributed by atoms with E-state index in [2.05, 4.69) is 5.32 Å². The number of nitrogens with one attached hydrogen (secondary N) is 1. The van der Waals surface area contributed by atoms with E-state index in [-0.39, 0.29) is 5.91 Å². The molecule has 1 N–H and O–H groups in total. The summed E-state index contributed by atoms with van der Waals surface area (Å²) in [5.74, 6) is 1.49. The highest BCUT2D eigenvalue weighted by atomic mass is 16.5. The number of para-hydroxylation sites is 1. The largest absolute Gasteiger partial charge is 0.457 e. The van der Waals surface area contributed by atoms with E-state index in [4.69, 9.17) is 4.74 Å². The molecule has 1 aliphatic rings. The quantitative estimate of drug-likeness (QED) is 0.853. The second kappa shape index (κ2) is 3.94. The molecule has 1 heterocycles. The molecule has 3 heteroatoms. The third kappa shape index (κ3) is 1.76. The van der Waals surface area contributed by atoms with Gasteiger partial charge in [-0.05, 0) is 24.3 Å². The number of amides is 1. The van der Waals surface area contributed by atoms with Crippen molar-refractivity contribution in [3.05, 3.63) is 59.7 Å². The first-order valence-electron chi connectivity index (χ1n) is 5.47. The average Bonchev–Trinajstić information content (AvgIpc) is 2.74. The van der Waals surface area contributed by atoms with Gasteiger partial charge in [0.2, 0.25) is 0 Å². The molecular formula is C14H11NO2. The van der Waals surface area contributed by atoms with Gasteiger partial charge in [-0.25, -0.2) is 0 Å². The molecule has 0 saturated carbocycles. The Morgan fingerprint density at radius 1 is 1.00 bits per heavy atom. The van der Waals surface area contributed by atoms with Gasteiger partial charge in [0.15, 0.2) is 0 Å². The Hall–Kier alpha value is -2.29. The Balaban J connectivity index is 1.98. The van der Waals surface area contributed by atoms with Crippen LogP contribution in [0.15, 0.2) is 48.5 Å². The van der Waals surface area contributed by atoms with Gasteiger partial charge >= 0.3 is 0 Å². The third-order valence-electron chi connectivity index (χ3n) is 2.77. The Morgan fingerprint density at radius 3 is 2.65 bits per heavy atom. The van der Waals surface area contributed by atoms with Crippen molar-refractivity contribution in [2.75, 3.05) is 0 Å². The molecule has 0 unspecified atom stereocenters. The Kier molecular flexibility index (Phi) is 2.29. The highest BCUT2D eigenvalue weighted by Crippen LogP contribution is 2.30. The Morgan fingerprint density at radius 2 is 1.82 bits per heavy atom. The van der Waals surface area contributed by atoms with Crippen molar-refractivity contribution < 1.29 is 9.53 Å². The molecule has 3 rings (SSSR count). The van der Waals surface area contributed by atoms with Gasteiger partial charge in [0, 0.05) is 17.7 Å². The number of hydrogen-bond donors (Lipinski definition) is 1. The molecule has 0 saturated heterocycles. The van der Waals surface area contributed by atoms with E-state index in [1.54, 1.807) is 0 Å². The van der Waals surface area contributed by atoms with Crippen molar-refractivity contribution in [1.82, 2.24) is 5.32 Å². The first-order chi connectivity index (χ1) is 8.34. The lowest BCUT2D eigenvalue weighted by molar-refractivity contribution is 0.0966. The van der Waals surface area contributed by atoms with Crippen molar-refractivity contribution in [3.63, 3.8) is 0 Å². The van der Waals surface area contributed by atoms with Crippen LogP contribution in [0.5, 0.6) is 11.5 Å². The molecule has 1 amide bonds. The van der Waals surface area contributed by atoms with Gasteiger partial charge in [0.1, 0.15) is 11.5 Å². The molecule has 0 bridgehead atoms. The van der Waals surface area contributed by atoms with Gasteiger partial charge < -0.3 is 10.1 Å². The molecule has 0 atom stereocenters. The minimum atomic E-state index is -0.0292. The van der Waals surface area contributed by atoms with Crippen LogP contribution in [-0.4, -0.2) is 5.91 Å². The van der Waals surface area contributed by atoms with E-state index < -0.39 is 0 Å². The standard InChI is InChI=1S/C14H11NO2/c16-14-11-7-4-8-13(12(11)9-15-14)17-10-5-2-1-3-6-10/h1-8H,9H2,(H,15,16). The van der Waals surface area contributed by atoms with Gasteiger partial charge in [0.05, 0.1) is 0 Å². The second-order valence-corrected chi connectivity index (χ2v) is 3.88. The van der Waals surface area contributed by atoms with Gasteiger partial charge in [-0.1, -0.05) is 24.3 Å². The van der Waals surface area contributed by atoms with Gasteiger partial charge in [-0.15, -0.1) is 0 Å². The van der Waals surface area contributed by atoms with Gasteiger partial charge in [-0.3, -0.25) is 4.79 Å². The summed E-state index contributed by atoms with van der Waals surface area (Å²) in [4.78, 5) is 11.5. The van der Waals surface area contributed by atoms with E-state index in [0.29, 0.717) is 12.1 Å². The summed E-state index contributed by atoms with van der Waals surface area (Å²) >= 11 is 0. The lowest BCUT2D eigenvalue weighted by Crippen LogP contribution is -2.12. The zero-order valence-electron chi connectivity index (χ0n) is 9.14. The highest BCUT2D eigenvalue weighted by molar-refractivity contribution is 5.99. The van der Waals surface area contributed by atoms with Crippen LogP contribution >= 0.6 is 0 Å². The molecule has 0 aromatic heterocycles. The highest BCUT2D eigenvalue weighted by Gasteiger charge is 2.22. The predicted molar refractivity (Wildman–Crippen MR) is 64.1 cm³/mol. The van der Waals surface area contributed by atoms with E-state index in [1.807, 2.05) is 48.5 Å². The number of ether oxygens (including phenoxy) is 1. The van der Waals surface area contributed by atoms with Crippen LogP contribution in [0.2, 0.25) is 0 Å². The smallest absolute Gasteiger partial charge is 0.252 e. The average molecular weight is 225 g/mol. The van der Waals surface area contributed by atoms with Crippen molar-refractivity contribution in [3.8, 4) is 11.5 Å². The first kappa shape index (κ1) is 9.90. The fraction of sp³-hybridized carbons (Fsp3) is 0.0714. The molecule has 0 spiro atoms. The van der Waals surface area contributed by atoms with Gasteiger partial charge in [-0.2, -0.15) is 0 Å². The summed E-state index contributed by atoms with van der Waals surface area (Å²) in [6, 6.07) is 15.1. The predicted octanol–water partition coefficient (Wildman–Crippen LogP) is 2.72. The second-order valence-electron chi connectivity index (χ2n) is 3.88. The molecule has 17 heavy (non-hydrogen) atoms. The van der Waals surface area contributed by atoms with Crippen molar-refractivity contribution in [2.45, 2.75) is 6.54 Å². The van der Waals surface area contributed by atoms with Crippen LogP contribution in [0.25, 0.3) is 0 Å². The molecule has 3 nitrogen and oxygen atoms in total. The lowest BCUT2D eigenvalue weighted by atomic mass is 10.1. The van der Waals surface area contributed by atoms with E-state index in [0.717, 1.165) is 17.1 Å². The van der Waals surface area contributed by atoms with Gasteiger partial charge in [0.25, 0.3) is 5.91 Å². The zero-order valence-corrected chi connectivity index (χ0v) is 9.14. The van der Waals surface area contributed by atoms with E-state index >= 15 is 0 Å². The lowest BCUT2D eigenvalue weighted by Gasteiger charge is -2.08. The van der Waals surface area contributed by atoms with Crippen LogP contribution < -0.4 is 10.1 Å². The molecule has 2 aromatic rings. The molecule has 2 aromatic carbocycles.